The highest BCUT2D eigenvalue weighted by molar-refractivity contribution is 7.93. The number of nitrogens with one attached hydrogen (secondary N) is 1. The number of benzene rings is 2. The van der Waals surface area contributed by atoms with Gasteiger partial charge in [-0.2, -0.15) is 0 Å². The zero-order valence-corrected chi connectivity index (χ0v) is 19.5. The van der Waals surface area contributed by atoms with Crippen molar-refractivity contribution in [2.75, 3.05) is 13.7 Å². The van der Waals surface area contributed by atoms with Crippen LogP contribution in [-0.2, 0) is 27.6 Å². The summed E-state index contributed by atoms with van der Waals surface area (Å²) in [6.45, 7) is 0.244. The number of rotatable bonds is 9. The Balaban J connectivity index is 1.63. The summed E-state index contributed by atoms with van der Waals surface area (Å²) in [6, 6.07) is 12.9. The van der Waals surface area contributed by atoms with Crippen molar-refractivity contribution in [2.24, 2.45) is 0 Å². The molecule has 0 fully saturated rings. The number of nitrogens with zero attached hydrogens (tertiary/aromatic N) is 1. The number of methoxy groups -OCH3 is 1. The van der Waals surface area contributed by atoms with Gasteiger partial charge in [0.2, 0.25) is 21.6 Å². The number of hydrogen-bond donors (Lipinski definition) is 2. The van der Waals surface area contributed by atoms with E-state index in [2.05, 4.69) is 5.32 Å². The van der Waals surface area contributed by atoms with E-state index >= 15 is 0 Å². The summed E-state index contributed by atoms with van der Waals surface area (Å²) < 4.78 is 31.1. The van der Waals surface area contributed by atoms with Gasteiger partial charge < -0.3 is 15.2 Å². The van der Waals surface area contributed by atoms with Crippen molar-refractivity contribution in [2.45, 2.75) is 28.5 Å². The van der Waals surface area contributed by atoms with Gasteiger partial charge in [-0.05, 0) is 48.4 Å². The molecule has 32 heavy (non-hydrogen) atoms. The number of amides is 1. The van der Waals surface area contributed by atoms with Crippen LogP contribution < -0.4 is 14.9 Å². The first-order chi connectivity index (χ1) is 15.2. The van der Waals surface area contributed by atoms with E-state index in [0.29, 0.717) is 35.1 Å². The van der Waals surface area contributed by atoms with Crippen LogP contribution in [0.15, 0.2) is 62.4 Å². The van der Waals surface area contributed by atoms with Gasteiger partial charge >= 0.3 is 4.87 Å². The van der Waals surface area contributed by atoms with Gasteiger partial charge in [-0.25, -0.2) is 8.42 Å². The Morgan fingerprint density at radius 2 is 1.81 bits per heavy atom. The van der Waals surface area contributed by atoms with Crippen LogP contribution in [0.2, 0.25) is 5.02 Å². The zero-order valence-electron chi connectivity index (χ0n) is 17.1. The van der Waals surface area contributed by atoms with Crippen LogP contribution in [0.25, 0.3) is 0 Å². The molecule has 1 amide bonds. The maximum atomic E-state index is 12.8. The van der Waals surface area contributed by atoms with Crippen LogP contribution in [0.4, 0.5) is 0 Å². The van der Waals surface area contributed by atoms with Crippen molar-refractivity contribution in [1.82, 2.24) is 9.88 Å². The highest BCUT2D eigenvalue weighted by atomic mass is 35.5. The average Bonchev–Trinajstić information content (AvgIpc) is 3.07. The maximum Gasteiger partial charge on any atom is 0.311 e. The van der Waals surface area contributed by atoms with E-state index in [4.69, 9.17) is 16.3 Å². The lowest BCUT2D eigenvalue weighted by Gasteiger charge is -2.07. The summed E-state index contributed by atoms with van der Waals surface area (Å²) in [5.41, 5.74) is 1.01. The predicted molar refractivity (Wildman–Crippen MR) is 121 cm³/mol. The monoisotopic (exact) mass is 496 g/mol. The SMILES string of the molecule is COc1ccc(S(=O)(=O)c2sc(=O)n(CCC(=O)NCCc3ccc(Cl)cc3)c2O)cc1. The number of carbonyl (C=O) groups is 1. The van der Waals surface area contributed by atoms with Crippen molar-refractivity contribution in [3.63, 3.8) is 0 Å². The van der Waals surface area contributed by atoms with Crippen molar-refractivity contribution in [3.8, 4) is 11.6 Å². The van der Waals surface area contributed by atoms with Crippen LogP contribution >= 0.6 is 22.9 Å². The Hall–Kier alpha value is -2.82. The number of carbonyl (C=O) groups excluding carboxylic acids is 1. The van der Waals surface area contributed by atoms with E-state index in [1.807, 2.05) is 12.1 Å². The summed E-state index contributed by atoms with van der Waals surface area (Å²) in [5.74, 6) is -0.526. The molecular formula is C21H21ClN2O6S2. The molecule has 3 rings (SSSR count). The maximum absolute atomic E-state index is 12.8. The van der Waals surface area contributed by atoms with E-state index in [-0.39, 0.29) is 23.8 Å². The van der Waals surface area contributed by atoms with Crippen molar-refractivity contribution >= 4 is 38.7 Å². The largest absolute Gasteiger partial charge is 0.497 e. The van der Waals surface area contributed by atoms with Crippen LogP contribution in [0.5, 0.6) is 11.6 Å². The van der Waals surface area contributed by atoms with Gasteiger partial charge in [0, 0.05) is 24.5 Å². The Kier molecular flexibility index (Phi) is 7.60. The molecule has 0 bridgehead atoms. The third-order valence-corrected chi connectivity index (χ3v) is 8.15. The van der Waals surface area contributed by atoms with E-state index in [1.54, 1.807) is 12.1 Å². The minimum absolute atomic E-state index is 0.0815. The molecule has 0 aliphatic carbocycles. The summed E-state index contributed by atoms with van der Waals surface area (Å²) in [7, 11) is -2.65. The predicted octanol–water partition coefficient (Wildman–Crippen LogP) is 2.86. The molecule has 0 saturated heterocycles. The molecule has 1 heterocycles. The van der Waals surface area contributed by atoms with Crippen LogP contribution in [0.3, 0.4) is 0 Å². The molecule has 2 aromatic carbocycles. The number of sulfone groups is 1. The van der Waals surface area contributed by atoms with Gasteiger partial charge in [-0.3, -0.25) is 14.2 Å². The third kappa shape index (κ3) is 5.50. The second kappa shape index (κ2) is 10.2. The lowest BCUT2D eigenvalue weighted by atomic mass is 10.1. The van der Waals surface area contributed by atoms with Gasteiger partial charge in [-0.15, -0.1) is 0 Å². The molecule has 170 valence electrons. The summed E-state index contributed by atoms with van der Waals surface area (Å²) in [6.07, 6.45) is 0.518. The molecule has 0 atom stereocenters. The average molecular weight is 497 g/mol. The zero-order chi connectivity index (χ0) is 23.3. The summed E-state index contributed by atoms with van der Waals surface area (Å²) >= 11 is 6.25. The van der Waals surface area contributed by atoms with Gasteiger partial charge in [0.15, 0.2) is 4.21 Å². The number of aromatic hydroxyl groups is 1. The van der Waals surface area contributed by atoms with E-state index < -0.39 is 24.8 Å². The molecule has 3 aromatic rings. The Bertz CT molecular complexity index is 1250. The highest BCUT2D eigenvalue weighted by Crippen LogP contribution is 2.32. The first kappa shape index (κ1) is 23.8. The second-order valence-corrected chi connectivity index (χ2v) is 10.3. The lowest BCUT2D eigenvalue weighted by molar-refractivity contribution is -0.121. The quantitative estimate of drug-likeness (QED) is 0.470. The third-order valence-electron chi connectivity index (χ3n) is 4.66. The normalized spacial score (nSPS) is 11.3. The van der Waals surface area contributed by atoms with E-state index in [9.17, 15) is 23.1 Å². The number of hydrogen-bond acceptors (Lipinski definition) is 7. The van der Waals surface area contributed by atoms with Crippen molar-refractivity contribution in [3.05, 3.63) is 68.8 Å². The van der Waals surface area contributed by atoms with Crippen LogP contribution in [0.1, 0.15) is 12.0 Å². The molecule has 0 aliphatic rings. The Morgan fingerprint density at radius 1 is 1.16 bits per heavy atom. The van der Waals surface area contributed by atoms with E-state index in [0.717, 1.165) is 10.1 Å². The fourth-order valence-electron chi connectivity index (χ4n) is 2.91. The first-order valence-corrected chi connectivity index (χ1v) is 12.2. The van der Waals surface area contributed by atoms with Gasteiger partial charge in [-0.1, -0.05) is 35.1 Å². The number of aromatic nitrogens is 1. The number of thiazole rings is 1. The topological polar surface area (TPSA) is 115 Å². The smallest absolute Gasteiger partial charge is 0.311 e. The van der Waals surface area contributed by atoms with Crippen LogP contribution in [-0.4, -0.2) is 37.7 Å². The van der Waals surface area contributed by atoms with Crippen molar-refractivity contribution in [1.29, 1.82) is 0 Å². The molecular weight excluding hydrogens is 476 g/mol. The summed E-state index contributed by atoms with van der Waals surface area (Å²) in [4.78, 5) is 23.6. The highest BCUT2D eigenvalue weighted by Gasteiger charge is 2.28. The molecule has 1 aromatic heterocycles. The molecule has 0 radical (unpaired) electrons. The lowest BCUT2D eigenvalue weighted by Crippen LogP contribution is -2.27. The molecule has 2 N–H and O–H groups in total. The van der Waals surface area contributed by atoms with Gasteiger partial charge in [0.05, 0.1) is 12.0 Å². The molecule has 0 spiro atoms. The molecule has 0 saturated carbocycles. The Morgan fingerprint density at radius 3 is 2.44 bits per heavy atom. The number of halogens is 1. The van der Waals surface area contributed by atoms with Crippen LogP contribution in [0, 0.1) is 0 Å². The fraction of sp³-hybridized carbons (Fsp3) is 0.238. The Labute approximate surface area is 194 Å². The van der Waals surface area contributed by atoms with Gasteiger partial charge in [0.1, 0.15) is 5.75 Å². The standard InChI is InChI=1S/C21H21ClN2O6S2/c1-30-16-6-8-17(9-7-16)32(28,29)20-19(26)24(21(27)31-20)13-11-18(25)23-12-10-14-2-4-15(22)5-3-14/h2-9,26H,10-13H2,1H3,(H,23,25). The fourth-order valence-corrected chi connectivity index (χ4v) is 5.68. The van der Waals surface area contributed by atoms with E-state index in [1.165, 1.54) is 31.4 Å². The minimum Gasteiger partial charge on any atom is -0.497 e. The van der Waals surface area contributed by atoms with Gasteiger partial charge in [0.25, 0.3) is 0 Å². The molecule has 0 unspecified atom stereocenters. The second-order valence-electron chi connectivity index (χ2n) is 6.79. The number of ether oxygens (including phenoxy) is 1. The summed E-state index contributed by atoms with van der Waals surface area (Å²) in [5, 5.41) is 13.8. The first-order valence-electron chi connectivity index (χ1n) is 9.55. The molecule has 8 nitrogen and oxygen atoms in total. The molecule has 11 heteroatoms. The molecule has 0 aliphatic heterocycles. The van der Waals surface area contributed by atoms with Crippen molar-refractivity contribution < 1.29 is 23.1 Å². The minimum atomic E-state index is -4.10.